The second-order valence-electron chi connectivity index (χ2n) is 4.38. The number of piperidine rings is 1. The van der Waals surface area contributed by atoms with Crippen LogP contribution in [0, 0.1) is 5.82 Å². The van der Waals surface area contributed by atoms with Crippen molar-refractivity contribution < 1.29 is 9.18 Å². The van der Waals surface area contributed by atoms with Crippen LogP contribution in [0.4, 0.5) is 4.39 Å². The van der Waals surface area contributed by atoms with Crippen LogP contribution in [0.2, 0.25) is 0 Å². The molecule has 1 saturated heterocycles. The first-order valence-electron chi connectivity index (χ1n) is 5.81. The van der Waals surface area contributed by atoms with Crippen LogP contribution in [0.25, 0.3) is 0 Å². The highest BCUT2D eigenvalue weighted by atomic mass is 35.5. The minimum atomic E-state index is -0.278. The number of benzene rings is 1. The van der Waals surface area contributed by atoms with Crippen molar-refractivity contribution in [2.45, 2.75) is 24.6 Å². The number of carbonyl (C=O) groups excluding carboxylic acids is 1. The molecule has 1 heterocycles. The summed E-state index contributed by atoms with van der Waals surface area (Å²) in [6, 6.07) is 6.05. The van der Waals surface area contributed by atoms with Gasteiger partial charge in [0, 0.05) is 13.1 Å². The SMILES string of the molecule is O=C(Cc1ccc(F)cc1)N1CCCC(Cl)C1. The molecule has 4 heteroatoms. The summed E-state index contributed by atoms with van der Waals surface area (Å²) in [7, 11) is 0. The van der Waals surface area contributed by atoms with E-state index in [0.717, 1.165) is 24.9 Å². The minimum Gasteiger partial charge on any atom is -0.341 e. The first-order valence-corrected chi connectivity index (χ1v) is 6.25. The predicted molar refractivity (Wildman–Crippen MR) is 65.6 cm³/mol. The lowest BCUT2D eigenvalue weighted by Crippen LogP contribution is -2.41. The van der Waals surface area contributed by atoms with E-state index in [1.165, 1.54) is 12.1 Å². The fourth-order valence-corrected chi connectivity index (χ4v) is 2.36. The summed E-state index contributed by atoms with van der Waals surface area (Å²) in [6.07, 6.45) is 2.26. The summed E-state index contributed by atoms with van der Waals surface area (Å²) in [5.74, 6) is -0.207. The standard InChI is InChI=1S/C13H15ClFNO/c14-11-2-1-7-16(9-11)13(17)8-10-3-5-12(15)6-4-10/h3-6,11H,1-2,7-9H2. The fourth-order valence-electron chi connectivity index (χ4n) is 2.04. The molecule has 1 unspecified atom stereocenters. The second kappa shape index (κ2) is 5.50. The molecule has 0 spiro atoms. The van der Waals surface area contributed by atoms with Gasteiger partial charge in [0.15, 0.2) is 0 Å². The number of hydrogen-bond donors (Lipinski definition) is 0. The Balaban J connectivity index is 1.94. The van der Waals surface area contributed by atoms with Gasteiger partial charge in [-0.25, -0.2) is 4.39 Å². The smallest absolute Gasteiger partial charge is 0.227 e. The van der Waals surface area contributed by atoms with Gasteiger partial charge in [-0.05, 0) is 30.5 Å². The Morgan fingerprint density at radius 2 is 2.12 bits per heavy atom. The molecule has 0 radical (unpaired) electrons. The van der Waals surface area contributed by atoms with Crippen LogP contribution in [-0.2, 0) is 11.2 Å². The maximum absolute atomic E-state index is 12.7. The van der Waals surface area contributed by atoms with Crippen molar-refractivity contribution in [3.8, 4) is 0 Å². The molecule has 2 rings (SSSR count). The number of halogens is 2. The third kappa shape index (κ3) is 3.43. The van der Waals surface area contributed by atoms with E-state index < -0.39 is 0 Å². The molecule has 1 fully saturated rings. The van der Waals surface area contributed by atoms with Crippen LogP contribution < -0.4 is 0 Å². The maximum Gasteiger partial charge on any atom is 0.227 e. The molecule has 0 bridgehead atoms. The molecule has 1 aliphatic rings. The largest absolute Gasteiger partial charge is 0.341 e. The van der Waals surface area contributed by atoms with Crippen molar-refractivity contribution in [1.82, 2.24) is 4.90 Å². The van der Waals surface area contributed by atoms with Crippen molar-refractivity contribution >= 4 is 17.5 Å². The van der Waals surface area contributed by atoms with Gasteiger partial charge >= 0.3 is 0 Å². The van der Waals surface area contributed by atoms with E-state index in [0.29, 0.717) is 13.0 Å². The number of carbonyl (C=O) groups is 1. The number of alkyl halides is 1. The van der Waals surface area contributed by atoms with Crippen LogP contribution >= 0.6 is 11.6 Å². The Morgan fingerprint density at radius 3 is 2.76 bits per heavy atom. The maximum atomic E-state index is 12.7. The molecule has 0 N–H and O–H groups in total. The Bertz CT molecular complexity index is 393. The van der Waals surface area contributed by atoms with E-state index in [2.05, 4.69) is 0 Å². The molecule has 0 aromatic heterocycles. The highest BCUT2D eigenvalue weighted by Gasteiger charge is 2.21. The molecule has 17 heavy (non-hydrogen) atoms. The minimum absolute atomic E-state index is 0.0703. The lowest BCUT2D eigenvalue weighted by atomic mass is 10.1. The number of hydrogen-bond acceptors (Lipinski definition) is 1. The van der Waals surface area contributed by atoms with Crippen LogP contribution in [0.1, 0.15) is 18.4 Å². The zero-order chi connectivity index (χ0) is 12.3. The monoisotopic (exact) mass is 255 g/mol. The van der Waals surface area contributed by atoms with Gasteiger partial charge in [-0.15, -0.1) is 11.6 Å². The number of nitrogens with zero attached hydrogens (tertiary/aromatic N) is 1. The first-order chi connectivity index (χ1) is 8.15. The second-order valence-corrected chi connectivity index (χ2v) is 5.00. The van der Waals surface area contributed by atoms with Crippen LogP contribution in [0.15, 0.2) is 24.3 Å². The molecule has 1 aromatic rings. The lowest BCUT2D eigenvalue weighted by molar-refractivity contribution is -0.131. The molecular formula is C13H15ClFNO. The van der Waals surface area contributed by atoms with Gasteiger partial charge in [0.25, 0.3) is 0 Å². The van der Waals surface area contributed by atoms with Crippen LogP contribution in [0.5, 0.6) is 0 Å². The third-order valence-corrected chi connectivity index (χ3v) is 3.34. The molecule has 92 valence electrons. The molecule has 0 saturated carbocycles. The summed E-state index contributed by atoms with van der Waals surface area (Å²) in [5, 5.41) is 0.0703. The van der Waals surface area contributed by atoms with Crippen LogP contribution in [-0.4, -0.2) is 29.3 Å². The van der Waals surface area contributed by atoms with E-state index in [9.17, 15) is 9.18 Å². The molecule has 1 aliphatic heterocycles. The first kappa shape index (κ1) is 12.4. The summed E-state index contributed by atoms with van der Waals surface area (Å²) in [6.45, 7) is 1.41. The van der Waals surface area contributed by atoms with Gasteiger partial charge in [-0.1, -0.05) is 12.1 Å². The van der Waals surface area contributed by atoms with Crippen molar-refractivity contribution in [2.24, 2.45) is 0 Å². The lowest BCUT2D eigenvalue weighted by Gasteiger charge is -2.29. The van der Waals surface area contributed by atoms with E-state index in [-0.39, 0.29) is 17.1 Å². The molecule has 2 nitrogen and oxygen atoms in total. The zero-order valence-corrected chi connectivity index (χ0v) is 10.3. The van der Waals surface area contributed by atoms with E-state index in [4.69, 9.17) is 11.6 Å². The molecule has 1 atom stereocenters. The average molecular weight is 256 g/mol. The fraction of sp³-hybridized carbons (Fsp3) is 0.462. The van der Waals surface area contributed by atoms with E-state index in [1.807, 2.05) is 0 Å². The van der Waals surface area contributed by atoms with Gasteiger partial charge in [0.2, 0.25) is 5.91 Å². The summed E-state index contributed by atoms with van der Waals surface area (Å²) in [4.78, 5) is 13.8. The van der Waals surface area contributed by atoms with Gasteiger partial charge in [0.1, 0.15) is 5.82 Å². The topological polar surface area (TPSA) is 20.3 Å². The zero-order valence-electron chi connectivity index (χ0n) is 9.53. The molecule has 0 aliphatic carbocycles. The Labute approximate surface area is 105 Å². The summed E-state index contributed by atoms with van der Waals surface area (Å²) < 4.78 is 12.7. The highest BCUT2D eigenvalue weighted by molar-refractivity contribution is 6.20. The van der Waals surface area contributed by atoms with Gasteiger partial charge in [-0.2, -0.15) is 0 Å². The Morgan fingerprint density at radius 1 is 1.41 bits per heavy atom. The number of likely N-dealkylation sites (tertiary alicyclic amines) is 1. The summed E-state index contributed by atoms with van der Waals surface area (Å²) >= 11 is 6.04. The van der Waals surface area contributed by atoms with Gasteiger partial charge < -0.3 is 4.90 Å². The van der Waals surface area contributed by atoms with Crippen molar-refractivity contribution in [2.75, 3.05) is 13.1 Å². The van der Waals surface area contributed by atoms with E-state index >= 15 is 0 Å². The molecule has 1 amide bonds. The highest BCUT2D eigenvalue weighted by Crippen LogP contribution is 2.16. The summed E-state index contributed by atoms with van der Waals surface area (Å²) in [5.41, 5.74) is 0.841. The van der Waals surface area contributed by atoms with Crippen LogP contribution in [0.3, 0.4) is 0 Å². The van der Waals surface area contributed by atoms with Gasteiger partial charge in [0.05, 0.1) is 11.8 Å². The van der Waals surface area contributed by atoms with Gasteiger partial charge in [-0.3, -0.25) is 4.79 Å². The molecular weight excluding hydrogens is 241 g/mol. The quantitative estimate of drug-likeness (QED) is 0.744. The Hall–Kier alpha value is -1.09. The number of rotatable bonds is 2. The van der Waals surface area contributed by atoms with Crippen molar-refractivity contribution in [1.29, 1.82) is 0 Å². The molecule has 1 aromatic carbocycles. The number of amides is 1. The normalized spacial score (nSPS) is 20.4. The average Bonchev–Trinajstić information content (AvgIpc) is 2.32. The van der Waals surface area contributed by atoms with Crippen molar-refractivity contribution in [3.63, 3.8) is 0 Å². The Kier molecular flexibility index (Phi) is 4.00. The van der Waals surface area contributed by atoms with E-state index in [1.54, 1.807) is 17.0 Å². The predicted octanol–water partition coefficient (Wildman–Crippen LogP) is 2.60. The van der Waals surface area contributed by atoms with Crippen molar-refractivity contribution in [3.05, 3.63) is 35.6 Å². The third-order valence-electron chi connectivity index (χ3n) is 2.99.